The minimum absolute atomic E-state index is 0.534. The molecule has 0 aliphatic carbocycles. The van der Waals surface area contributed by atoms with Gasteiger partial charge in [-0.05, 0) is 35.4 Å². The van der Waals surface area contributed by atoms with E-state index in [4.69, 9.17) is 0 Å². The van der Waals surface area contributed by atoms with E-state index in [1.165, 1.54) is 42.9 Å². The lowest BCUT2D eigenvalue weighted by Crippen LogP contribution is -2.32. The SMILES string of the molecule is Cc1ccc2cccc3c2c1-c1c(c(C(C)C)cc[n+]1C)S3. The second kappa shape index (κ2) is 4.85. The van der Waals surface area contributed by atoms with Crippen molar-refractivity contribution in [2.24, 2.45) is 7.05 Å². The van der Waals surface area contributed by atoms with Gasteiger partial charge in [0.1, 0.15) is 7.05 Å². The lowest BCUT2D eigenvalue weighted by atomic mass is 9.93. The number of rotatable bonds is 1. The zero-order valence-electron chi connectivity index (χ0n) is 13.5. The minimum atomic E-state index is 0.534. The number of hydrogen-bond acceptors (Lipinski definition) is 1. The van der Waals surface area contributed by atoms with Crippen LogP contribution in [0.25, 0.3) is 22.0 Å². The summed E-state index contributed by atoms with van der Waals surface area (Å²) in [4.78, 5) is 2.81. The molecule has 0 saturated heterocycles. The monoisotopic (exact) mass is 306 g/mol. The average molecular weight is 306 g/mol. The van der Waals surface area contributed by atoms with Crippen molar-refractivity contribution in [2.75, 3.05) is 0 Å². The fourth-order valence-electron chi connectivity index (χ4n) is 3.44. The molecule has 22 heavy (non-hydrogen) atoms. The molecule has 1 aliphatic heterocycles. The van der Waals surface area contributed by atoms with Crippen molar-refractivity contribution in [3.8, 4) is 11.3 Å². The highest BCUT2D eigenvalue weighted by atomic mass is 32.2. The van der Waals surface area contributed by atoms with E-state index >= 15 is 0 Å². The van der Waals surface area contributed by atoms with E-state index in [9.17, 15) is 0 Å². The van der Waals surface area contributed by atoms with E-state index in [1.807, 2.05) is 11.8 Å². The fraction of sp³-hybridized carbons (Fsp3) is 0.250. The molecule has 2 aromatic carbocycles. The van der Waals surface area contributed by atoms with Crippen LogP contribution in [0.15, 0.2) is 52.4 Å². The second-order valence-electron chi connectivity index (χ2n) is 6.43. The molecule has 2 heteroatoms. The van der Waals surface area contributed by atoms with Gasteiger partial charge in [0.2, 0.25) is 5.69 Å². The van der Waals surface area contributed by atoms with Crippen LogP contribution in [0.5, 0.6) is 0 Å². The topological polar surface area (TPSA) is 3.88 Å². The molecule has 0 amide bonds. The molecule has 1 aliphatic rings. The number of benzene rings is 2. The largest absolute Gasteiger partial charge is 0.227 e. The van der Waals surface area contributed by atoms with Crippen LogP contribution in [-0.2, 0) is 7.05 Å². The summed E-state index contributed by atoms with van der Waals surface area (Å²) in [5.74, 6) is 0.534. The van der Waals surface area contributed by atoms with Crippen molar-refractivity contribution < 1.29 is 4.57 Å². The van der Waals surface area contributed by atoms with E-state index in [2.05, 4.69) is 75.0 Å². The summed E-state index contributed by atoms with van der Waals surface area (Å²) >= 11 is 1.93. The molecule has 1 nitrogen and oxygen atoms in total. The Morgan fingerprint density at radius 3 is 2.64 bits per heavy atom. The van der Waals surface area contributed by atoms with Crippen LogP contribution in [0.2, 0.25) is 0 Å². The standard InChI is InChI=1S/C20H20NS/c1-12(2)15-10-11-21(4)19-17-13(3)8-9-14-6-5-7-16(18(14)17)22-20(15)19/h5-12H,1-4H3/q+1. The smallest absolute Gasteiger partial charge is 0.200 e. The maximum atomic E-state index is 2.28. The van der Waals surface area contributed by atoms with E-state index in [-0.39, 0.29) is 0 Å². The molecule has 2 heterocycles. The molecule has 110 valence electrons. The summed E-state index contributed by atoms with van der Waals surface area (Å²) in [6, 6.07) is 13.4. The van der Waals surface area contributed by atoms with Gasteiger partial charge in [-0.25, -0.2) is 4.57 Å². The van der Waals surface area contributed by atoms with Crippen LogP contribution in [0.4, 0.5) is 0 Å². The fourth-order valence-corrected chi connectivity index (χ4v) is 4.89. The highest BCUT2D eigenvalue weighted by Crippen LogP contribution is 2.49. The number of aromatic nitrogens is 1. The van der Waals surface area contributed by atoms with Crippen LogP contribution < -0.4 is 4.57 Å². The molecule has 4 rings (SSSR count). The molecule has 3 aromatic rings. The molecule has 0 unspecified atom stereocenters. The second-order valence-corrected chi connectivity index (χ2v) is 7.48. The van der Waals surface area contributed by atoms with Crippen LogP contribution in [0.1, 0.15) is 30.9 Å². The first-order valence-electron chi connectivity index (χ1n) is 7.81. The summed E-state index contributed by atoms with van der Waals surface area (Å²) in [5.41, 5.74) is 5.59. The van der Waals surface area contributed by atoms with E-state index < -0.39 is 0 Å². The van der Waals surface area contributed by atoms with Crippen molar-refractivity contribution in [1.82, 2.24) is 0 Å². The molecule has 0 spiro atoms. The van der Waals surface area contributed by atoms with Gasteiger partial charge in [0, 0.05) is 16.3 Å². The lowest BCUT2D eigenvalue weighted by Gasteiger charge is -2.22. The van der Waals surface area contributed by atoms with Gasteiger partial charge >= 0.3 is 0 Å². The highest BCUT2D eigenvalue weighted by Gasteiger charge is 2.30. The zero-order chi connectivity index (χ0) is 15.4. The van der Waals surface area contributed by atoms with Crippen molar-refractivity contribution in [2.45, 2.75) is 36.5 Å². The minimum Gasteiger partial charge on any atom is -0.200 e. The Balaban J connectivity index is 2.20. The normalized spacial score (nSPS) is 12.8. The van der Waals surface area contributed by atoms with Crippen LogP contribution in [-0.4, -0.2) is 0 Å². The summed E-state index contributed by atoms with van der Waals surface area (Å²) in [7, 11) is 2.16. The summed E-state index contributed by atoms with van der Waals surface area (Å²) < 4.78 is 2.28. The number of pyridine rings is 1. The molecule has 1 aromatic heterocycles. The third-order valence-corrected chi connectivity index (χ3v) is 5.79. The molecule has 0 radical (unpaired) electrons. The van der Waals surface area contributed by atoms with Gasteiger partial charge in [0.15, 0.2) is 6.20 Å². The van der Waals surface area contributed by atoms with Crippen molar-refractivity contribution in [3.05, 3.63) is 53.7 Å². The first-order valence-corrected chi connectivity index (χ1v) is 8.62. The van der Waals surface area contributed by atoms with Crippen molar-refractivity contribution in [1.29, 1.82) is 0 Å². The Morgan fingerprint density at radius 2 is 1.86 bits per heavy atom. The average Bonchev–Trinajstić information content (AvgIpc) is 2.50. The highest BCUT2D eigenvalue weighted by molar-refractivity contribution is 7.99. The number of nitrogens with zero attached hydrogens (tertiary/aromatic N) is 1. The predicted molar refractivity (Wildman–Crippen MR) is 93.5 cm³/mol. The Hall–Kier alpha value is -1.80. The van der Waals surface area contributed by atoms with Gasteiger partial charge in [0.05, 0.1) is 10.5 Å². The van der Waals surface area contributed by atoms with Gasteiger partial charge in [0.25, 0.3) is 0 Å². The van der Waals surface area contributed by atoms with Crippen molar-refractivity contribution in [3.63, 3.8) is 0 Å². The third kappa shape index (κ3) is 1.83. The van der Waals surface area contributed by atoms with Crippen LogP contribution in [0.3, 0.4) is 0 Å². The summed E-state index contributed by atoms with van der Waals surface area (Å²) in [6.07, 6.45) is 2.21. The Labute approximate surface area is 136 Å². The Bertz CT molecular complexity index is 909. The van der Waals surface area contributed by atoms with Gasteiger partial charge in [-0.2, -0.15) is 0 Å². The maximum Gasteiger partial charge on any atom is 0.227 e. The molecular weight excluding hydrogens is 286 g/mol. The number of aryl methyl sites for hydroxylation is 2. The maximum absolute atomic E-state index is 2.28. The molecule has 0 N–H and O–H groups in total. The molecule has 0 fully saturated rings. The lowest BCUT2D eigenvalue weighted by molar-refractivity contribution is -0.662. The number of hydrogen-bond donors (Lipinski definition) is 0. The summed E-state index contributed by atoms with van der Waals surface area (Å²) in [5, 5.41) is 2.75. The van der Waals surface area contributed by atoms with Crippen molar-refractivity contribution >= 4 is 22.5 Å². The number of fused-ring (bicyclic) bond motifs is 2. The molecule has 0 saturated carbocycles. The van der Waals surface area contributed by atoms with E-state index in [0.29, 0.717) is 5.92 Å². The van der Waals surface area contributed by atoms with Gasteiger partial charge < -0.3 is 0 Å². The van der Waals surface area contributed by atoms with Gasteiger partial charge in [-0.3, -0.25) is 0 Å². The van der Waals surface area contributed by atoms with Crippen LogP contribution >= 0.6 is 11.8 Å². The van der Waals surface area contributed by atoms with Gasteiger partial charge in [-0.1, -0.05) is 49.9 Å². The third-order valence-electron chi connectivity index (χ3n) is 4.59. The Kier molecular flexibility index (Phi) is 3.05. The van der Waals surface area contributed by atoms with Crippen LogP contribution in [0, 0.1) is 6.92 Å². The zero-order valence-corrected chi connectivity index (χ0v) is 14.3. The summed E-state index contributed by atoms with van der Waals surface area (Å²) in [6.45, 7) is 6.79. The first-order chi connectivity index (χ1) is 10.6. The predicted octanol–water partition coefficient (Wildman–Crippen LogP) is 5.23. The molecule has 0 bridgehead atoms. The van der Waals surface area contributed by atoms with E-state index in [1.54, 1.807) is 0 Å². The van der Waals surface area contributed by atoms with Gasteiger partial charge in [-0.15, -0.1) is 0 Å². The molecule has 0 atom stereocenters. The quantitative estimate of drug-likeness (QED) is 0.436. The molecular formula is C20H20NS+. The Morgan fingerprint density at radius 1 is 1.05 bits per heavy atom. The van der Waals surface area contributed by atoms with E-state index in [0.717, 1.165) is 0 Å². The first kappa shape index (κ1) is 13.8.